The van der Waals surface area contributed by atoms with Crippen molar-refractivity contribution in [3.05, 3.63) is 63.7 Å². The minimum Gasteiger partial charge on any atom is -0.481 e. The minimum absolute atomic E-state index is 0.167. The summed E-state index contributed by atoms with van der Waals surface area (Å²) in [6, 6.07) is 9.21. The molecule has 2 N–H and O–H groups in total. The van der Waals surface area contributed by atoms with Crippen LogP contribution >= 0.6 is 11.6 Å². The van der Waals surface area contributed by atoms with Crippen molar-refractivity contribution >= 4 is 27.6 Å². The van der Waals surface area contributed by atoms with Crippen LogP contribution < -0.4 is 4.72 Å². The standard InChI is InChI=1S/C18H20ClNO4S/c1-11-8-12(2)18(13(3)9-11)25(23,24)20-16(10-17(21)22)14-6-4-5-7-15(14)19/h4-9,16,20H,10H2,1-3H3,(H,21,22)/t16-/m0/s1. The number of sulfonamides is 1. The van der Waals surface area contributed by atoms with Crippen molar-refractivity contribution in [2.45, 2.75) is 38.1 Å². The molecule has 0 saturated carbocycles. The minimum atomic E-state index is -3.92. The Labute approximate surface area is 152 Å². The van der Waals surface area contributed by atoms with E-state index in [-0.39, 0.29) is 4.90 Å². The summed E-state index contributed by atoms with van der Waals surface area (Å²) < 4.78 is 28.3. The van der Waals surface area contributed by atoms with Gasteiger partial charge in [0.1, 0.15) is 0 Å². The Morgan fingerprint density at radius 3 is 2.24 bits per heavy atom. The third kappa shape index (κ3) is 4.60. The largest absolute Gasteiger partial charge is 0.481 e. The van der Waals surface area contributed by atoms with Crippen LogP contribution in [-0.4, -0.2) is 19.5 Å². The first-order valence-corrected chi connectivity index (χ1v) is 9.54. The third-order valence-electron chi connectivity index (χ3n) is 3.83. The lowest BCUT2D eigenvalue weighted by Gasteiger charge is -2.20. The molecule has 5 nitrogen and oxygen atoms in total. The van der Waals surface area contributed by atoms with Gasteiger partial charge in [0, 0.05) is 5.02 Å². The van der Waals surface area contributed by atoms with Gasteiger partial charge in [-0.15, -0.1) is 0 Å². The fraction of sp³-hybridized carbons (Fsp3) is 0.278. The van der Waals surface area contributed by atoms with Gasteiger partial charge in [0.2, 0.25) is 10.0 Å². The average Bonchev–Trinajstić information content (AvgIpc) is 2.44. The maximum atomic E-state index is 12.9. The van der Waals surface area contributed by atoms with Crippen LogP contribution in [-0.2, 0) is 14.8 Å². The summed E-state index contributed by atoms with van der Waals surface area (Å²) in [4.78, 5) is 11.4. The van der Waals surface area contributed by atoms with E-state index in [0.29, 0.717) is 21.7 Å². The van der Waals surface area contributed by atoms with Crippen molar-refractivity contribution < 1.29 is 18.3 Å². The van der Waals surface area contributed by atoms with Crippen molar-refractivity contribution in [3.8, 4) is 0 Å². The number of halogens is 1. The second kappa shape index (κ2) is 7.56. The maximum absolute atomic E-state index is 12.9. The predicted octanol–water partition coefficient (Wildman–Crippen LogP) is 3.76. The summed E-state index contributed by atoms with van der Waals surface area (Å²) in [6.07, 6.45) is -0.410. The maximum Gasteiger partial charge on any atom is 0.305 e. The highest BCUT2D eigenvalue weighted by Crippen LogP contribution is 2.29. The Balaban J connectivity index is 2.48. The van der Waals surface area contributed by atoms with Crippen molar-refractivity contribution in [1.29, 1.82) is 0 Å². The molecule has 25 heavy (non-hydrogen) atoms. The highest BCUT2D eigenvalue weighted by atomic mass is 35.5. The van der Waals surface area contributed by atoms with Crippen LogP contribution in [0.25, 0.3) is 0 Å². The van der Waals surface area contributed by atoms with Crippen LogP contribution in [0.15, 0.2) is 41.3 Å². The zero-order chi connectivity index (χ0) is 18.8. The van der Waals surface area contributed by atoms with Crippen LogP contribution in [0, 0.1) is 20.8 Å². The molecule has 0 aliphatic heterocycles. The number of rotatable bonds is 6. The fourth-order valence-electron chi connectivity index (χ4n) is 2.98. The Bertz CT molecular complexity index is 886. The summed E-state index contributed by atoms with van der Waals surface area (Å²) in [7, 11) is -3.92. The molecule has 134 valence electrons. The van der Waals surface area contributed by atoms with Crippen molar-refractivity contribution in [2.24, 2.45) is 0 Å². The third-order valence-corrected chi connectivity index (χ3v) is 5.95. The van der Waals surface area contributed by atoms with E-state index in [4.69, 9.17) is 11.6 Å². The second-order valence-electron chi connectivity index (χ2n) is 6.02. The zero-order valence-electron chi connectivity index (χ0n) is 14.2. The zero-order valence-corrected chi connectivity index (χ0v) is 15.8. The lowest BCUT2D eigenvalue weighted by Crippen LogP contribution is -2.31. The number of carboxylic acid groups (broad SMARTS) is 1. The Hall–Kier alpha value is -1.89. The van der Waals surface area contributed by atoms with Gasteiger partial charge in [0.25, 0.3) is 0 Å². The summed E-state index contributed by atoms with van der Waals surface area (Å²) in [6.45, 7) is 5.33. The van der Waals surface area contributed by atoms with E-state index in [9.17, 15) is 18.3 Å². The van der Waals surface area contributed by atoms with Crippen LogP contribution in [0.3, 0.4) is 0 Å². The number of aliphatic carboxylic acids is 1. The van der Waals surface area contributed by atoms with Crippen LogP contribution in [0.1, 0.15) is 34.7 Å². The van der Waals surface area contributed by atoms with Gasteiger partial charge >= 0.3 is 5.97 Å². The second-order valence-corrected chi connectivity index (χ2v) is 8.08. The van der Waals surface area contributed by atoms with E-state index in [1.54, 1.807) is 50.2 Å². The van der Waals surface area contributed by atoms with Gasteiger partial charge in [0.15, 0.2) is 0 Å². The highest BCUT2D eigenvalue weighted by Gasteiger charge is 2.27. The molecule has 0 aliphatic carbocycles. The van der Waals surface area contributed by atoms with E-state index < -0.39 is 28.5 Å². The molecular formula is C18H20ClNO4S. The van der Waals surface area contributed by atoms with Crippen LogP contribution in [0.2, 0.25) is 5.02 Å². The predicted molar refractivity (Wildman–Crippen MR) is 97.4 cm³/mol. The number of benzene rings is 2. The molecule has 0 spiro atoms. The molecule has 0 fully saturated rings. The number of carboxylic acids is 1. The van der Waals surface area contributed by atoms with E-state index in [2.05, 4.69) is 4.72 Å². The lowest BCUT2D eigenvalue weighted by molar-refractivity contribution is -0.137. The number of aryl methyl sites for hydroxylation is 3. The number of carbonyl (C=O) groups is 1. The smallest absolute Gasteiger partial charge is 0.305 e. The molecular weight excluding hydrogens is 362 g/mol. The van der Waals surface area contributed by atoms with Gasteiger partial charge in [0.05, 0.1) is 17.4 Å². The SMILES string of the molecule is Cc1cc(C)c(S(=O)(=O)N[C@@H](CC(=O)O)c2ccccc2Cl)c(C)c1. The molecule has 1 atom stereocenters. The molecule has 0 heterocycles. The monoisotopic (exact) mass is 381 g/mol. The quantitative estimate of drug-likeness (QED) is 0.797. The fourth-order valence-corrected chi connectivity index (χ4v) is 4.92. The first-order chi connectivity index (χ1) is 11.6. The first kappa shape index (κ1) is 19.4. The average molecular weight is 382 g/mol. The molecule has 2 aromatic rings. The molecule has 0 saturated heterocycles. The van der Waals surface area contributed by atoms with Crippen molar-refractivity contribution in [1.82, 2.24) is 4.72 Å². The number of nitrogens with one attached hydrogen (secondary N) is 1. The number of hydrogen-bond acceptors (Lipinski definition) is 3. The van der Waals surface area contributed by atoms with Gasteiger partial charge in [-0.1, -0.05) is 47.5 Å². The van der Waals surface area contributed by atoms with Gasteiger partial charge < -0.3 is 5.11 Å². The van der Waals surface area contributed by atoms with Crippen molar-refractivity contribution in [3.63, 3.8) is 0 Å². The van der Waals surface area contributed by atoms with E-state index >= 15 is 0 Å². The topological polar surface area (TPSA) is 83.5 Å². The van der Waals surface area contributed by atoms with Crippen molar-refractivity contribution in [2.75, 3.05) is 0 Å². The molecule has 0 bridgehead atoms. The number of hydrogen-bond donors (Lipinski definition) is 2. The van der Waals surface area contributed by atoms with Gasteiger partial charge in [-0.25, -0.2) is 13.1 Å². The summed E-state index contributed by atoms with van der Waals surface area (Å²) in [5.74, 6) is -1.12. The Morgan fingerprint density at radius 1 is 1.16 bits per heavy atom. The van der Waals surface area contributed by atoms with Gasteiger partial charge in [-0.2, -0.15) is 0 Å². The molecule has 0 aliphatic rings. The molecule has 2 rings (SSSR count). The van der Waals surface area contributed by atoms with E-state index in [1.807, 2.05) is 6.92 Å². The summed E-state index contributed by atoms with van der Waals surface area (Å²) >= 11 is 6.13. The molecule has 0 radical (unpaired) electrons. The van der Waals surface area contributed by atoms with Crippen LogP contribution in [0.5, 0.6) is 0 Å². The Morgan fingerprint density at radius 2 is 1.72 bits per heavy atom. The Kier molecular flexibility index (Phi) is 5.87. The normalized spacial score (nSPS) is 12.8. The van der Waals surface area contributed by atoms with E-state index in [1.165, 1.54) is 0 Å². The van der Waals surface area contributed by atoms with E-state index in [0.717, 1.165) is 5.56 Å². The first-order valence-electron chi connectivity index (χ1n) is 7.68. The summed E-state index contributed by atoms with van der Waals surface area (Å²) in [5, 5.41) is 9.48. The highest BCUT2D eigenvalue weighted by molar-refractivity contribution is 7.89. The van der Waals surface area contributed by atoms with Gasteiger partial charge in [-0.3, -0.25) is 4.79 Å². The molecule has 2 aromatic carbocycles. The molecule has 0 unspecified atom stereocenters. The lowest BCUT2D eigenvalue weighted by atomic mass is 10.1. The van der Waals surface area contributed by atoms with Crippen LogP contribution in [0.4, 0.5) is 0 Å². The van der Waals surface area contributed by atoms with Gasteiger partial charge in [-0.05, 0) is 43.5 Å². The molecule has 0 amide bonds. The summed E-state index contributed by atoms with van der Waals surface area (Å²) in [5.41, 5.74) is 2.61. The molecule has 0 aromatic heterocycles. The molecule has 7 heteroatoms.